The lowest BCUT2D eigenvalue weighted by Crippen LogP contribution is -2.62. The van der Waals surface area contributed by atoms with Crippen LogP contribution in [0.1, 0.15) is 43.1 Å². The maximum Gasteiger partial charge on any atom is 0.252 e. The molecule has 2 atom stereocenters. The highest BCUT2D eigenvalue weighted by Gasteiger charge is 2.36. The fraction of sp³-hybridized carbons (Fsp3) is 0.700. The monoisotopic (exact) mass is 386 g/mol. The molecule has 8 heteroatoms. The van der Waals surface area contributed by atoms with Crippen molar-refractivity contribution in [3.05, 3.63) is 23.3 Å². The van der Waals surface area contributed by atoms with Gasteiger partial charge in [0, 0.05) is 43.5 Å². The lowest BCUT2D eigenvalue weighted by molar-refractivity contribution is -0.139. The molecule has 1 amide bonds. The van der Waals surface area contributed by atoms with Crippen LogP contribution in [0.4, 0.5) is 0 Å². The molecule has 2 aromatic heterocycles. The molecule has 0 aliphatic carbocycles. The minimum atomic E-state index is 0.217. The molecule has 2 aliphatic rings. The molecule has 2 saturated heterocycles. The number of carbonyl (C=O) groups excluding carboxylic acids is 1. The van der Waals surface area contributed by atoms with Crippen LogP contribution in [0.3, 0.4) is 0 Å². The van der Waals surface area contributed by atoms with Gasteiger partial charge in [-0.05, 0) is 32.3 Å². The summed E-state index contributed by atoms with van der Waals surface area (Å²) in [6, 6.07) is 0.839. The van der Waals surface area contributed by atoms with Crippen molar-refractivity contribution in [2.24, 2.45) is 0 Å². The second kappa shape index (κ2) is 8.13. The summed E-state index contributed by atoms with van der Waals surface area (Å²) in [5.41, 5.74) is 3.04. The summed E-state index contributed by atoms with van der Waals surface area (Å²) in [7, 11) is 0. The van der Waals surface area contributed by atoms with Crippen molar-refractivity contribution in [2.75, 3.05) is 32.8 Å². The first-order chi connectivity index (χ1) is 13.6. The zero-order valence-corrected chi connectivity index (χ0v) is 17.1. The maximum absolute atomic E-state index is 12.9. The number of hydrogen-bond acceptors (Lipinski definition) is 6. The van der Waals surface area contributed by atoms with E-state index >= 15 is 0 Å². The van der Waals surface area contributed by atoms with Crippen LogP contribution in [0, 0.1) is 13.8 Å². The average molecular weight is 387 g/mol. The number of fused-ring (bicyclic) bond motifs is 2. The van der Waals surface area contributed by atoms with Crippen LogP contribution in [0.25, 0.3) is 5.78 Å². The van der Waals surface area contributed by atoms with Crippen molar-refractivity contribution in [1.29, 1.82) is 0 Å². The molecule has 2 fully saturated rings. The summed E-state index contributed by atoms with van der Waals surface area (Å²) >= 11 is 0. The number of nitrogens with zero attached hydrogens (tertiary/aromatic N) is 6. The normalized spacial score (nSPS) is 23.2. The third kappa shape index (κ3) is 3.63. The molecule has 2 aliphatic heterocycles. The number of amides is 1. The molecular weight excluding hydrogens is 356 g/mol. The van der Waals surface area contributed by atoms with E-state index in [4.69, 9.17) is 4.74 Å². The number of ether oxygens (including phenoxy) is 1. The van der Waals surface area contributed by atoms with Gasteiger partial charge in [-0.1, -0.05) is 13.3 Å². The van der Waals surface area contributed by atoms with Gasteiger partial charge in [0.05, 0.1) is 19.3 Å². The molecule has 0 N–H and O–H groups in total. The van der Waals surface area contributed by atoms with Crippen molar-refractivity contribution < 1.29 is 9.53 Å². The van der Waals surface area contributed by atoms with Gasteiger partial charge < -0.3 is 9.64 Å². The first-order valence-corrected chi connectivity index (χ1v) is 10.4. The Morgan fingerprint density at radius 3 is 2.96 bits per heavy atom. The minimum absolute atomic E-state index is 0.217. The summed E-state index contributed by atoms with van der Waals surface area (Å²) in [6.07, 6.45) is 5.03. The summed E-state index contributed by atoms with van der Waals surface area (Å²) in [5, 5.41) is 4.23. The number of aromatic nitrogens is 4. The molecule has 0 saturated carbocycles. The molecule has 28 heavy (non-hydrogen) atoms. The van der Waals surface area contributed by atoms with Crippen molar-refractivity contribution in [1.82, 2.24) is 29.4 Å². The fourth-order valence-electron chi connectivity index (χ4n) is 4.65. The van der Waals surface area contributed by atoms with Crippen LogP contribution < -0.4 is 0 Å². The first-order valence-electron chi connectivity index (χ1n) is 10.4. The van der Waals surface area contributed by atoms with E-state index in [0.29, 0.717) is 30.7 Å². The summed E-state index contributed by atoms with van der Waals surface area (Å²) in [4.78, 5) is 26.1. The standard InChI is InChI=1S/C20H30N6O2/c1-4-5-16-11-28-12-17-10-24(8-9-25(16)17)19(27)7-6-18-14(2)23-20-21-13-22-26(20)15(18)3/h13,16-17H,4-12H2,1-3H3/t16-,17+/m0/s1. The Morgan fingerprint density at radius 2 is 2.14 bits per heavy atom. The second-order valence-corrected chi connectivity index (χ2v) is 7.94. The van der Waals surface area contributed by atoms with Gasteiger partial charge in [-0.3, -0.25) is 9.69 Å². The predicted octanol–water partition coefficient (Wildman–Crippen LogP) is 1.39. The second-order valence-electron chi connectivity index (χ2n) is 7.94. The van der Waals surface area contributed by atoms with Crippen LogP contribution in [0.15, 0.2) is 6.33 Å². The molecular formula is C20H30N6O2. The topological polar surface area (TPSA) is 75.9 Å². The quantitative estimate of drug-likeness (QED) is 0.773. The van der Waals surface area contributed by atoms with Crippen LogP contribution >= 0.6 is 0 Å². The molecule has 152 valence electrons. The Bertz CT molecular complexity index is 849. The average Bonchev–Trinajstić information content (AvgIpc) is 3.16. The molecule has 0 unspecified atom stereocenters. The van der Waals surface area contributed by atoms with Crippen molar-refractivity contribution in [3.63, 3.8) is 0 Å². The summed E-state index contributed by atoms with van der Waals surface area (Å²) in [6.45, 7) is 10.3. The van der Waals surface area contributed by atoms with Gasteiger partial charge in [0.25, 0.3) is 5.78 Å². The molecule has 2 aromatic rings. The number of rotatable bonds is 5. The maximum atomic E-state index is 12.9. The van der Waals surface area contributed by atoms with Gasteiger partial charge in [0.2, 0.25) is 5.91 Å². The van der Waals surface area contributed by atoms with Crippen LogP contribution in [0.5, 0.6) is 0 Å². The van der Waals surface area contributed by atoms with E-state index in [9.17, 15) is 4.79 Å². The van der Waals surface area contributed by atoms with Crippen molar-refractivity contribution >= 4 is 11.7 Å². The molecule has 0 radical (unpaired) electrons. The van der Waals surface area contributed by atoms with Crippen LogP contribution in [0.2, 0.25) is 0 Å². The number of carbonyl (C=O) groups is 1. The van der Waals surface area contributed by atoms with Crippen molar-refractivity contribution in [3.8, 4) is 0 Å². The Labute approximate surface area is 165 Å². The lowest BCUT2D eigenvalue weighted by atomic mass is 10.0. The number of aryl methyl sites for hydroxylation is 2. The largest absolute Gasteiger partial charge is 0.378 e. The van der Waals surface area contributed by atoms with Gasteiger partial charge in [0.1, 0.15) is 6.33 Å². The highest BCUT2D eigenvalue weighted by molar-refractivity contribution is 5.76. The smallest absolute Gasteiger partial charge is 0.252 e. The molecule has 4 heterocycles. The van der Waals surface area contributed by atoms with Gasteiger partial charge in [-0.2, -0.15) is 10.1 Å². The Kier molecular flexibility index (Phi) is 5.59. The lowest BCUT2D eigenvalue weighted by Gasteiger charge is -2.48. The fourth-order valence-corrected chi connectivity index (χ4v) is 4.65. The van der Waals surface area contributed by atoms with E-state index in [1.165, 1.54) is 19.2 Å². The van der Waals surface area contributed by atoms with Gasteiger partial charge in [0.15, 0.2) is 0 Å². The summed E-state index contributed by atoms with van der Waals surface area (Å²) in [5.74, 6) is 0.829. The first kappa shape index (κ1) is 19.3. The van der Waals surface area contributed by atoms with E-state index in [-0.39, 0.29) is 5.91 Å². The van der Waals surface area contributed by atoms with Gasteiger partial charge in [-0.15, -0.1) is 0 Å². The zero-order chi connectivity index (χ0) is 19.7. The molecule has 0 aromatic carbocycles. The Balaban J connectivity index is 1.39. The van der Waals surface area contributed by atoms with E-state index in [1.807, 2.05) is 18.7 Å². The zero-order valence-electron chi connectivity index (χ0n) is 17.1. The molecule has 0 spiro atoms. The number of piperazine rings is 1. The number of hydrogen-bond donors (Lipinski definition) is 0. The summed E-state index contributed by atoms with van der Waals surface area (Å²) < 4.78 is 7.57. The van der Waals surface area contributed by atoms with E-state index in [2.05, 4.69) is 26.9 Å². The minimum Gasteiger partial charge on any atom is -0.378 e. The van der Waals surface area contributed by atoms with Crippen LogP contribution in [-0.4, -0.2) is 80.2 Å². The SMILES string of the molecule is CCC[C@H]1COC[C@H]2CN(C(=O)CCc3c(C)nc4ncnn4c3C)CCN12. The molecule has 4 rings (SSSR count). The van der Waals surface area contributed by atoms with E-state index in [1.54, 1.807) is 4.52 Å². The van der Waals surface area contributed by atoms with Crippen molar-refractivity contribution in [2.45, 2.75) is 58.5 Å². The third-order valence-electron chi connectivity index (χ3n) is 6.17. The Hall–Kier alpha value is -2.06. The van der Waals surface area contributed by atoms with E-state index < -0.39 is 0 Å². The highest BCUT2D eigenvalue weighted by atomic mass is 16.5. The van der Waals surface area contributed by atoms with Gasteiger partial charge in [-0.25, -0.2) is 9.50 Å². The predicted molar refractivity (Wildman–Crippen MR) is 105 cm³/mol. The number of morpholine rings is 1. The molecule has 8 nitrogen and oxygen atoms in total. The molecule has 0 bridgehead atoms. The Morgan fingerprint density at radius 1 is 1.29 bits per heavy atom. The third-order valence-corrected chi connectivity index (χ3v) is 6.17. The van der Waals surface area contributed by atoms with E-state index in [0.717, 1.165) is 49.8 Å². The van der Waals surface area contributed by atoms with Crippen LogP contribution in [-0.2, 0) is 16.0 Å². The van der Waals surface area contributed by atoms with Gasteiger partial charge >= 0.3 is 0 Å². The highest BCUT2D eigenvalue weighted by Crippen LogP contribution is 2.22.